The van der Waals surface area contributed by atoms with Crippen LogP contribution < -0.4 is 10.1 Å². The first kappa shape index (κ1) is 20.0. The Morgan fingerprint density at radius 3 is 2.50 bits per heavy atom. The quantitative estimate of drug-likeness (QED) is 0.642. The van der Waals surface area contributed by atoms with Gasteiger partial charge in [0.2, 0.25) is 0 Å². The summed E-state index contributed by atoms with van der Waals surface area (Å²) in [4.78, 5) is 12.7. The van der Waals surface area contributed by atoms with Gasteiger partial charge >= 0.3 is 0 Å². The Balaban J connectivity index is 1.54. The van der Waals surface area contributed by atoms with Crippen molar-refractivity contribution in [3.63, 3.8) is 0 Å². The zero-order valence-electron chi connectivity index (χ0n) is 16.2. The molecule has 6 nitrogen and oxygen atoms in total. The maximum Gasteiger partial charge on any atom is 0.275 e. The Kier molecular flexibility index (Phi) is 6.04. The number of carbonyl (C=O) groups is 1. The smallest absolute Gasteiger partial charge is 0.275 e. The molecular formula is C22H21F2N3O3. The van der Waals surface area contributed by atoms with E-state index in [1.165, 1.54) is 28.9 Å². The number of hydrogen-bond donors (Lipinski definition) is 1. The average molecular weight is 413 g/mol. The molecule has 8 heteroatoms. The third kappa shape index (κ3) is 4.83. The van der Waals surface area contributed by atoms with Crippen molar-refractivity contribution in [3.8, 4) is 11.4 Å². The number of nitrogens with one attached hydrogen (secondary N) is 1. The maximum atomic E-state index is 13.2. The molecule has 1 atom stereocenters. The SMILES string of the molecule is O=C(NC[C@@H]1CCCO1)c1nn(-c2ccc(F)cc2)cc1OCc1ccc(F)cc1. The first-order valence-corrected chi connectivity index (χ1v) is 9.71. The molecule has 1 aromatic heterocycles. The highest BCUT2D eigenvalue weighted by molar-refractivity contribution is 5.95. The molecule has 3 aromatic rings. The molecule has 30 heavy (non-hydrogen) atoms. The Bertz CT molecular complexity index is 997. The largest absolute Gasteiger partial charge is 0.485 e. The molecule has 4 rings (SSSR count). The molecule has 2 heterocycles. The molecule has 156 valence electrons. The van der Waals surface area contributed by atoms with Crippen LogP contribution in [0.1, 0.15) is 28.9 Å². The van der Waals surface area contributed by atoms with E-state index >= 15 is 0 Å². The molecule has 0 saturated carbocycles. The second-order valence-corrected chi connectivity index (χ2v) is 7.02. The van der Waals surface area contributed by atoms with Crippen molar-refractivity contribution in [2.24, 2.45) is 0 Å². The van der Waals surface area contributed by atoms with Crippen molar-refractivity contribution in [3.05, 3.63) is 77.6 Å². The van der Waals surface area contributed by atoms with Crippen molar-refractivity contribution in [2.75, 3.05) is 13.2 Å². The molecule has 2 aromatic carbocycles. The van der Waals surface area contributed by atoms with Crippen molar-refractivity contribution >= 4 is 5.91 Å². The molecule has 1 amide bonds. The van der Waals surface area contributed by atoms with Gasteiger partial charge in [0.25, 0.3) is 5.91 Å². The van der Waals surface area contributed by atoms with Gasteiger partial charge in [-0.1, -0.05) is 12.1 Å². The fourth-order valence-electron chi connectivity index (χ4n) is 3.18. The zero-order chi connectivity index (χ0) is 20.9. The van der Waals surface area contributed by atoms with Crippen LogP contribution in [-0.4, -0.2) is 34.9 Å². The van der Waals surface area contributed by atoms with Crippen LogP contribution in [0.3, 0.4) is 0 Å². The van der Waals surface area contributed by atoms with Gasteiger partial charge in [0.05, 0.1) is 18.0 Å². The molecule has 1 aliphatic heterocycles. The molecule has 1 fully saturated rings. The molecule has 1 N–H and O–H groups in total. The van der Waals surface area contributed by atoms with Crippen LogP contribution in [0, 0.1) is 11.6 Å². The van der Waals surface area contributed by atoms with E-state index in [-0.39, 0.29) is 41.7 Å². The standard InChI is InChI=1S/C22H21F2N3O3/c23-16-5-3-15(4-6-16)14-30-20-13-27(18-9-7-17(24)8-10-18)26-21(20)22(28)25-12-19-2-1-11-29-19/h3-10,13,19H,1-2,11-12,14H2,(H,25,28)/t19-/m0/s1. The van der Waals surface area contributed by atoms with E-state index in [0.29, 0.717) is 18.8 Å². The lowest BCUT2D eigenvalue weighted by Gasteiger charge is -2.10. The third-order valence-electron chi connectivity index (χ3n) is 4.81. The Hall–Kier alpha value is -3.26. The van der Waals surface area contributed by atoms with Gasteiger partial charge < -0.3 is 14.8 Å². The van der Waals surface area contributed by atoms with E-state index in [4.69, 9.17) is 9.47 Å². The number of hydrogen-bond acceptors (Lipinski definition) is 4. The van der Waals surface area contributed by atoms with Crippen LogP contribution in [-0.2, 0) is 11.3 Å². The predicted octanol–water partition coefficient (Wildman–Crippen LogP) is 3.64. The summed E-state index contributed by atoms with van der Waals surface area (Å²) in [6, 6.07) is 11.6. The monoisotopic (exact) mass is 413 g/mol. The first-order chi connectivity index (χ1) is 14.6. The van der Waals surface area contributed by atoms with E-state index in [1.54, 1.807) is 30.5 Å². The van der Waals surface area contributed by atoms with Crippen molar-refractivity contribution < 1.29 is 23.0 Å². The Morgan fingerprint density at radius 2 is 1.83 bits per heavy atom. The summed E-state index contributed by atoms with van der Waals surface area (Å²) >= 11 is 0. The summed E-state index contributed by atoms with van der Waals surface area (Å²) in [5.74, 6) is -0.820. The van der Waals surface area contributed by atoms with Crippen LogP contribution >= 0.6 is 0 Å². The minimum atomic E-state index is -0.388. The number of benzene rings is 2. The van der Waals surface area contributed by atoms with Gasteiger partial charge in [-0.2, -0.15) is 5.10 Å². The maximum absolute atomic E-state index is 13.2. The number of rotatable bonds is 7. The second kappa shape index (κ2) is 9.04. The van der Waals surface area contributed by atoms with Gasteiger partial charge in [-0.25, -0.2) is 13.5 Å². The van der Waals surface area contributed by atoms with Crippen molar-refractivity contribution in [1.82, 2.24) is 15.1 Å². The number of nitrogens with zero attached hydrogens (tertiary/aromatic N) is 2. The molecule has 1 aliphatic rings. The highest BCUT2D eigenvalue weighted by atomic mass is 19.1. The average Bonchev–Trinajstić information content (AvgIpc) is 3.42. The van der Waals surface area contributed by atoms with Crippen molar-refractivity contribution in [1.29, 1.82) is 0 Å². The lowest BCUT2D eigenvalue weighted by atomic mass is 10.2. The van der Waals surface area contributed by atoms with Crippen LogP contribution in [0.4, 0.5) is 8.78 Å². The van der Waals surface area contributed by atoms with Gasteiger partial charge in [-0.05, 0) is 54.8 Å². The van der Waals surface area contributed by atoms with Crippen LogP contribution in [0.15, 0.2) is 54.7 Å². The first-order valence-electron chi connectivity index (χ1n) is 9.71. The van der Waals surface area contributed by atoms with Crippen molar-refractivity contribution in [2.45, 2.75) is 25.6 Å². The lowest BCUT2D eigenvalue weighted by Crippen LogP contribution is -2.32. The molecule has 0 bridgehead atoms. The number of carbonyl (C=O) groups excluding carboxylic acids is 1. The third-order valence-corrected chi connectivity index (χ3v) is 4.81. The summed E-state index contributed by atoms with van der Waals surface area (Å²) in [5, 5.41) is 7.17. The van der Waals surface area contributed by atoms with Gasteiger partial charge in [0.15, 0.2) is 11.4 Å². The zero-order valence-corrected chi connectivity index (χ0v) is 16.2. The molecule has 0 aliphatic carbocycles. The van der Waals surface area contributed by atoms with Crippen LogP contribution in [0.25, 0.3) is 5.69 Å². The van der Waals surface area contributed by atoms with E-state index in [1.807, 2.05) is 0 Å². The second-order valence-electron chi connectivity index (χ2n) is 7.02. The fourth-order valence-corrected chi connectivity index (χ4v) is 3.18. The highest BCUT2D eigenvalue weighted by Crippen LogP contribution is 2.22. The van der Waals surface area contributed by atoms with E-state index in [0.717, 1.165) is 18.4 Å². The van der Waals surface area contributed by atoms with Gasteiger partial charge in [0, 0.05) is 13.2 Å². The molecule has 0 radical (unpaired) electrons. The molecular weight excluding hydrogens is 392 g/mol. The van der Waals surface area contributed by atoms with E-state index in [9.17, 15) is 13.6 Å². The summed E-state index contributed by atoms with van der Waals surface area (Å²) in [6.45, 7) is 1.23. The molecule has 0 unspecified atom stereocenters. The predicted molar refractivity (Wildman–Crippen MR) is 106 cm³/mol. The minimum Gasteiger partial charge on any atom is -0.485 e. The van der Waals surface area contributed by atoms with E-state index in [2.05, 4.69) is 10.4 Å². The van der Waals surface area contributed by atoms with E-state index < -0.39 is 0 Å². The van der Waals surface area contributed by atoms with Gasteiger partial charge in [-0.15, -0.1) is 0 Å². The van der Waals surface area contributed by atoms with Crippen LogP contribution in [0.2, 0.25) is 0 Å². The number of halogens is 2. The lowest BCUT2D eigenvalue weighted by molar-refractivity contribution is 0.0850. The normalized spacial score (nSPS) is 15.9. The summed E-state index contributed by atoms with van der Waals surface area (Å²) in [5.41, 5.74) is 1.44. The Morgan fingerprint density at radius 1 is 1.13 bits per heavy atom. The topological polar surface area (TPSA) is 65.4 Å². The minimum absolute atomic E-state index is 0.00304. The van der Waals surface area contributed by atoms with Crippen LogP contribution in [0.5, 0.6) is 5.75 Å². The highest BCUT2D eigenvalue weighted by Gasteiger charge is 2.22. The number of ether oxygens (including phenoxy) is 2. The summed E-state index contributed by atoms with van der Waals surface area (Å²) < 4.78 is 39.2. The van der Waals surface area contributed by atoms with Gasteiger partial charge in [0.1, 0.15) is 18.2 Å². The Labute approximate surface area is 172 Å². The molecule has 0 spiro atoms. The summed E-state index contributed by atoms with van der Waals surface area (Å²) in [7, 11) is 0. The number of aromatic nitrogens is 2. The summed E-state index contributed by atoms with van der Waals surface area (Å²) in [6.07, 6.45) is 3.44. The number of amides is 1. The van der Waals surface area contributed by atoms with Gasteiger partial charge in [-0.3, -0.25) is 4.79 Å². The fraction of sp³-hybridized carbons (Fsp3) is 0.273. The molecule has 1 saturated heterocycles.